The van der Waals surface area contributed by atoms with Gasteiger partial charge in [-0.2, -0.15) is 0 Å². The first-order chi connectivity index (χ1) is 12.6. The molecular weight excluding hydrogens is 366 g/mol. The first-order valence-electron chi connectivity index (χ1n) is 8.09. The van der Waals surface area contributed by atoms with Gasteiger partial charge in [0.15, 0.2) is 0 Å². The molecule has 0 saturated carbocycles. The van der Waals surface area contributed by atoms with Crippen LogP contribution in [0.15, 0.2) is 54.9 Å². The second-order valence-corrected chi connectivity index (χ2v) is 6.75. The lowest BCUT2D eigenvalue weighted by Gasteiger charge is -2.06. The molecule has 0 atom stereocenters. The summed E-state index contributed by atoms with van der Waals surface area (Å²) in [5.41, 5.74) is 5.89. The van der Waals surface area contributed by atoms with Crippen LogP contribution in [0.2, 0.25) is 5.02 Å². The van der Waals surface area contributed by atoms with E-state index in [1.54, 1.807) is 13.3 Å². The van der Waals surface area contributed by atoms with Crippen LogP contribution in [0.1, 0.15) is 5.56 Å². The Morgan fingerprint density at radius 3 is 2.62 bits per heavy atom. The van der Waals surface area contributed by atoms with Gasteiger partial charge in [-0.15, -0.1) is 0 Å². The van der Waals surface area contributed by atoms with Crippen LogP contribution in [-0.2, 0) is 0 Å². The molecule has 0 bridgehead atoms. The van der Waals surface area contributed by atoms with E-state index in [1.807, 2.05) is 60.0 Å². The number of aromatic amines is 1. The molecule has 1 N–H and O–H groups in total. The number of hydrogen-bond acceptors (Lipinski definition) is 3. The number of nitrogens with zero attached hydrogens (tertiary/aromatic N) is 2. The summed E-state index contributed by atoms with van der Waals surface area (Å²) >= 11 is 11.7. The molecule has 2 aromatic carbocycles. The van der Waals surface area contributed by atoms with E-state index in [2.05, 4.69) is 9.97 Å². The van der Waals surface area contributed by atoms with Crippen molar-refractivity contribution < 1.29 is 4.74 Å². The van der Waals surface area contributed by atoms with Crippen molar-refractivity contribution in [3.05, 3.63) is 70.2 Å². The Morgan fingerprint density at radius 1 is 1.12 bits per heavy atom. The van der Waals surface area contributed by atoms with Crippen LogP contribution in [0.3, 0.4) is 0 Å². The van der Waals surface area contributed by atoms with Gasteiger partial charge in [0.1, 0.15) is 11.4 Å². The van der Waals surface area contributed by atoms with E-state index < -0.39 is 0 Å². The molecule has 6 heteroatoms. The van der Waals surface area contributed by atoms with E-state index in [9.17, 15) is 0 Å². The third-order valence-electron chi connectivity index (χ3n) is 4.48. The Bertz CT molecular complexity index is 1160. The van der Waals surface area contributed by atoms with Gasteiger partial charge in [-0.25, -0.2) is 4.98 Å². The van der Waals surface area contributed by atoms with Crippen molar-refractivity contribution in [3.8, 4) is 28.1 Å². The van der Waals surface area contributed by atoms with Crippen molar-refractivity contribution >= 4 is 29.5 Å². The van der Waals surface area contributed by atoms with Crippen LogP contribution in [0.5, 0.6) is 5.75 Å². The Morgan fingerprint density at radius 2 is 1.88 bits per heavy atom. The Hall–Kier alpha value is -2.63. The summed E-state index contributed by atoms with van der Waals surface area (Å²) < 4.78 is 7.63. The number of hydrogen-bond donors (Lipinski definition) is 1. The highest BCUT2D eigenvalue weighted by Gasteiger charge is 2.12. The zero-order chi connectivity index (χ0) is 18.3. The predicted molar refractivity (Wildman–Crippen MR) is 108 cm³/mol. The summed E-state index contributed by atoms with van der Waals surface area (Å²) in [5, 5.41) is 0.734. The molecule has 0 aliphatic rings. The van der Waals surface area contributed by atoms with Crippen LogP contribution >= 0.6 is 23.8 Å². The van der Waals surface area contributed by atoms with Gasteiger partial charge in [0, 0.05) is 28.5 Å². The molecule has 26 heavy (non-hydrogen) atoms. The second-order valence-electron chi connectivity index (χ2n) is 5.98. The number of H-pyrrole nitrogens is 1. The number of fused-ring (bicyclic) bond motifs is 1. The Kier molecular flexibility index (Phi) is 4.26. The quantitative estimate of drug-likeness (QED) is 0.463. The largest absolute Gasteiger partial charge is 0.497 e. The number of methoxy groups -OCH3 is 1. The van der Waals surface area contributed by atoms with Gasteiger partial charge in [-0.3, -0.25) is 4.40 Å². The van der Waals surface area contributed by atoms with Crippen molar-refractivity contribution in [1.82, 2.24) is 14.4 Å². The molecule has 4 nitrogen and oxygen atoms in total. The summed E-state index contributed by atoms with van der Waals surface area (Å²) in [4.78, 5) is 7.86. The minimum atomic E-state index is 0.499. The minimum Gasteiger partial charge on any atom is -0.497 e. The van der Waals surface area contributed by atoms with Crippen molar-refractivity contribution in [1.29, 1.82) is 0 Å². The van der Waals surface area contributed by atoms with Crippen LogP contribution in [-0.4, -0.2) is 21.5 Å². The number of nitrogens with one attached hydrogen (secondary N) is 1. The van der Waals surface area contributed by atoms with Gasteiger partial charge in [-0.05, 0) is 48.5 Å². The van der Waals surface area contributed by atoms with E-state index in [1.165, 1.54) is 0 Å². The van der Waals surface area contributed by atoms with Gasteiger partial charge >= 0.3 is 0 Å². The highest BCUT2D eigenvalue weighted by molar-refractivity contribution is 7.71. The lowest BCUT2D eigenvalue weighted by Crippen LogP contribution is -1.92. The monoisotopic (exact) mass is 381 g/mol. The molecule has 0 saturated heterocycles. The third-order valence-corrected chi connectivity index (χ3v) is 5.19. The molecule has 0 fully saturated rings. The molecule has 0 aliphatic heterocycles. The highest BCUT2D eigenvalue weighted by atomic mass is 35.5. The molecular formula is C20H16ClN3OS. The van der Waals surface area contributed by atoms with Gasteiger partial charge < -0.3 is 9.72 Å². The van der Waals surface area contributed by atoms with Gasteiger partial charge in [0.25, 0.3) is 0 Å². The number of halogens is 1. The SMILES string of the molecule is COc1ccc(-c2cnc(=S)n3cc(-c4cccc(Cl)c4C)[nH]c23)cc1. The van der Waals surface area contributed by atoms with E-state index in [4.69, 9.17) is 28.6 Å². The van der Waals surface area contributed by atoms with Crippen LogP contribution in [0, 0.1) is 11.7 Å². The van der Waals surface area contributed by atoms with Gasteiger partial charge in [0.05, 0.1) is 12.8 Å². The van der Waals surface area contributed by atoms with Gasteiger partial charge in [0.2, 0.25) is 4.77 Å². The van der Waals surface area contributed by atoms with E-state index >= 15 is 0 Å². The average molecular weight is 382 g/mol. The zero-order valence-electron chi connectivity index (χ0n) is 14.3. The molecule has 0 unspecified atom stereocenters. The summed E-state index contributed by atoms with van der Waals surface area (Å²) in [5.74, 6) is 0.812. The lowest BCUT2D eigenvalue weighted by atomic mass is 10.1. The third kappa shape index (κ3) is 2.79. The maximum absolute atomic E-state index is 6.28. The van der Waals surface area contributed by atoms with Crippen LogP contribution in [0.25, 0.3) is 28.0 Å². The van der Waals surface area contributed by atoms with Crippen molar-refractivity contribution in [2.75, 3.05) is 7.11 Å². The topological polar surface area (TPSA) is 42.3 Å². The van der Waals surface area contributed by atoms with E-state index in [-0.39, 0.29) is 0 Å². The zero-order valence-corrected chi connectivity index (χ0v) is 15.9. The smallest absolute Gasteiger partial charge is 0.205 e. The summed E-state index contributed by atoms with van der Waals surface area (Å²) in [6, 6.07) is 13.7. The second kappa shape index (κ2) is 6.59. The maximum Gasteiger partial charge on any atom is 0.205 e. The first-order valence-corrected chi connectivity index (χ1v) is 8.87. The Labute approximate surface area is 161 Å². The molecule has 2 heterocycles. The van der Waals surface area contributed by atoms with Crippen LogP contribution < -0.4 is 4.74 Å². The average Bonchev–Trinajstić information content (AvgIpc) is 3.10. The Balaban J connectivity index is 1.93. The molecule has 4 rings (SSSR count). The number of aromatic nitrogens is 3. The number of imidazole rings is 1. The lowest BCUT2D eigenvalue weighted by molar-refractivity contribution is 0.415. The molecule has 0 spiro atoms. The molecule has 0 amide bonds. The van der Waals surface area contributed by atoms with Crippen LogP contribution in [0.4, 0.5) is 0 Å². The molecule has 0 radical (unpaired) electrons. The minimum absolute atomic E-state index is 0.499. The fourth-order valence-corrected chi connectivity index (χ4v) is 3.39. The molecule has 2 aromatic heterocycles. The maximum atomic E-state index is 6.28. The first kappa shape index (κ1) is 16.8. The fourth-order valence-electron chi connectivity index (χ4n) is 3.02. The fraction of sp³-hybridized carbons (Fsp3) is 0.100. The molecule has 4 aromatic rings. The summed E-state index contributed by atoms with van der Waals surface area (Å²) in [6.07, 6.45) is 3.76. The number of rotatable bonds is 3. The number of ether oxygens (including phenoxy) is 1. The predicted octanol–water partition coefficient (Wildman–Crippen LogP) is 5.70. The summed E-state index contributed by atoms with van der Waals surface area (Å²) in [6.45, 7) is 2.01. The summed E-state index contributed by atoms with van der Waals surface area (Å²) in [7, 11) is 1.65. The van der Waals surface area contributed by atoms with E-state index in [0.717, 1.165) is 44.4 Å². The van der Waals surface area contributed by atoms with Crippen molar-refractivity contribution in [2.24, 2.45) is 0 Å². The normalized spacial score (nSPS) is 11.0. The highest BCUT2D eigenvalue weighted by Crippen LogP contribution is 2.31. The van der Waals surface area contributed by atoms with Crippen molar-refractivity contribution in [2.45, 2.75) is 6.92 Å². The molecule has 130 valence electrons. The standard InChI is InChI=1S/C20H16ClN3OS/c1-12-15(4-3-5-17(12)21)18-11-24-19(23-18)16(10-22-20(24)26)13-6-8-14(25-2)9-7-13/h3-11,23H,1-2H3. The van der Waals surface area contributed by atoms with Crippen molar-refractivity contribution in [3.63, 3.8) is 0 Å². The van der Waals surface area contributed by atoms with Gasteiger partial charge in [-0.1, -0.05) is 35.9 Å². The number of benzene rings is 2. The van der Waals surface area contributed by atoms with E-state index in [0.29, 0.717) is 4.77 Å². The molecule has 0 aliphatic carbocycles.